The Morgan fingerprint density at radius 1 is 1.12 bits per heavy atom. The molecule has 1 amide bonds. The highest BCUT2D eigenvalue weighted by Gasteiger charge is 2.56. The van der Waals surface area contributed by atoms with Crippen LogP contribution in [-0.2, 0) is 26.6 Å². The van der Waals surface area contributed by atoms with Crippen molar-refractivity contribution in [3.8, 4) is 5.75 Å². The molecular formula is C21H23NO4. The second-order valence-corrected chi connectivity index (χ2v) is 6.76. The molecule has 0 N–H and O–H groups in total. The fourth-order valence-corrected chi connectivity index (χ4v) is 3.85. The van der Waals surface area contributed by atoms with Crippen LogP contribution in [0.25, 0.3) is 0 Å². The van der Waals surface area contributed by atoms with Gasteiger partial charge >= 0.3 is 0 Å². The van der Waals surface area contributed by atoms with Gasteiger partial charge < -0.3 is 19.1 Å². The smallest absolute Gasteiger partial charge is 0.292 e. The number of anilines is 1. The molecule has 0 radical (unpaired) electrons. The summed E-state index contributed by atoms with van der Waals surface area (Å²) in [4.78, 5) is 15.1. The van der Waals surface area contributed by atoms with E-state index in [1.165, 1.54) is 0 Å². The Labute approximate surface area is 153 Å². The zero-order valence-electron chi connectivity index (χ0n) is 15.4. The minimum atomic E-state index is -1.28. The molecule has 2 heterocycles. The average molecular weight is 353 g/mol. The van der Waals surface area contributed by atoms with Gasteiger partial charge in [-0.2, -0.15) is 0 Å². The number of fused-ring (bicyclic) bond motifs is 2. The quantitative estimate of drug-likeness (QED) is 0.845. The van der Waals surface area contributed by atoms with E-state index in [0.717, 1.165) is 33.7 Å². The van der Waals surface area contributed by atoms with Crippen LogP contribution in [0.2, 0.25) is 0 Å². The van der Waals surface area contributed by atoms with Crippen molar-refractivity contribution in [2.45, 2.75) is 33.1 Å². The molecule has 2 aliphatic rings. The molecule has 136 valence electrons. The molecule has 4 rings (SSSR count). The van der Waals surface area contributed by atoms with Gasteiger partial charge in [0, 0.05) is 5.56 Å². The first-order valence-electron chi connectivity index (χ1n) is 8.98. The van der Waals surface area contributed by atoms with Crippen molar-refractivity contribution in [3.05, 3.63) is 58.7 Å². The standard InChI is InChI=1S/C21H23NO4/c1-4-24-17-7-5-16(6-8-17)13-22-19-15(3)11-14(2)12-18(19)21(20(22)23)25-9-10-26-21/h5-8,11-12H,4,9-10,13H2,1-3H3. The van der Waals surface area contributed by atoms with Crippen LogP contribution in [-0.4, -0.2) is 25.7 Å². The van der Waals surface area contributed by atoms with Crippen LogP contribution >= 0.6 is 0 Å². The predicted octanol–water partition coefficient (Wildman–Crippen LogP) is 3.45. The lowest BCUT2D eigenvalue weighted by Crippen LogP contribution is -2.41. The first-order valence-corrected chi connectivity index (χ1v) is 8.98. The molecule has 0 bridgehead atoms. The molecule has 1 spiro atoms. The van der Waals surface area contributed by atoms with Crippen LogP contribution in [0.4, 0.5) is 5.69 Å². The van der Waals surface area contributed by atoms with Gasteiger partial charge in [0.15, 0.2) is 0 Å². The lowest BCUT2D eigenvalue weighted by Gasteiger charge is -2.22. The molecular weight excluding hydrogens is 330 g/mol. The average Bonchev–Trinajstić information content (AvgIpc) is 3.19. The third kappa shape index (κ3) is 2.59. The Hall–Kier alpha value is -2.37. The van der Waals surface area contributed by atoms with E-state index < -0.39 is 5.79 Å². The van der Waals surface area contributed by atoms with E-state index in [2.05, 4.69) is 6.07 Å². The summed E-state index contributed by atoms with van der Waals surface area (Å²) >= 11 is 0. The molecule has 0 unspecified atom stereocenters. The Balaban J connectivity index is 1.72. The number of hydrogen-bond donors (Lipinski definition) is 0. The summed E-state index contributed by atoms with van der Waals surface area (Å²) in [5, 5.41) is 0. The fraction of sp³-hybridized carbons (Fsp3) is 0.381. The lowest BCUT2D eigenvalue weighted by atomic mass is 10.0. The van der Waals surface area contributed by atoms with Crippen molar-refractivity contribution < 1.29 is 19.0 Å². The van der Waals surface area contributed by atoms with Gasteiger partial charge in [0.25, 0.3) is 11.7 Å². The van der Waals surface area contributed by atoms with Gasteiger partial charge in [-0.1, -0.05) is 23.8 Å². The third-order valence-corrected chi connectivity index (χ3v) is 4.87. The molecule has 0 aliphatic carbocycles. The van der Waals surface area contributed by atoms with Gasteiger partial charge in [0.05, 0.1) is 32.1 Å². The van der Waals surface area contributed by atoms with Crippen molar-refractivity contribution in [2.24, 2.45) is 0 Å². The molecule has 2 aromatic rings. The maximum absolute atomic E-state index is 13.3. The van der Waals surface area contributed by atoms with E-state index in [1.54, 1.807) is 4.90 Å². The van der Waals surface area contributed by atoms with E-state index >= 15 is 0 Å². The third-order valence-electron chi connectivity index (χ3n) is 4.87. The molecule has 0 saturated carbocycles. The summed E-state index contributed by atoms with van der Waals surface area (Å²) in [5.74, 6) is -0.597. The van der Waals surface area contributed by atoms with Crippen molar-refractivity contribution in [1.29, 1.82) is 0 Å². The number of nitrogens with zero attached hydrogens (tertiary/aromatic N) is 1. The molecule has 5 nitrogen and oxygen atoms in total. The molecule has 2 aliphatic heterocycles. The lowest BCUT2D eigenvalue weighted by molar-refractivity contribution is -0.180. The topological polar surface area (TPSA) is 48.0 Å². The number of aryl methyl sites for hydroxylation is 2. The highest BCUT2D eigenvalue weighted by Crippen LogP contribution is 2.48. The number of amides is 1. The highest BCUT2D eigenvalue weighted by atomic mass is 16.7. The SMILES string of the molecule is CCOc1ccc(CN2C(=O)C3(OCCO3)c3cc(C)cc(C)c32)cc1. The summed E-state index contributed by atoms with van der Waals surface area (Å²) in [5.41, 5.74) is 4.90. The predicted molar refractivity (Wildman–Crippen MR) is 98.3 cm³/mol. The van der Waals surface area contributed by atoms with Crippen LogP contribution in [0.5, 0.6) is 5.75 Å². The van der Waals surface area contributed by atoms with Crippen LogP contribution in [0.3, 0.4) is 0 Å². The zero-order valence-corrected chi connectivity index (χ0v) is 15.4. The van der Waals surface area contributed by atoms with E-state index in [0.29, 0.717) is 26.4 Å². The molecule has 0 aromatic heterocycles. The van der Waals surface area contributed by atoms with Crippen LogP contribution in [0.1, 0.15) is 29.2 Å². The summed E-state index contributed by atoms with van der Waals surface area (Å²) in [6.07, 6.45) is 0. The summed E-state index contributed by atoms with van der Waals surface area (Å²) in [6.45, 7) is 7.96. The van der Waals surface area contributed by atoms with Crippen molar-refractivity contribution >= 4 is 11.6 Å². The fourth-order valence-electron chi connectivity index (χ4n) is 3.85. The second-order valence-electron chi connectivity index (χ2n) is 6.76. The van der Waals surface area contributed by atoms with Crippen LogP contribution < -0.4 is 9.64 Å². The Morgan fingerprint density at radius 2 is 1.81 bits per heavy atom. The Bertz CT molecular complexity index is 838. The van der Waals surface area contributed by atoms with E-state index in [1.807, 2.05) is 51.1 Å². The first kappa shape index (κ1) is 17.1. The monoisotopic (exact) mass is 353 g/mol. The number of carbonyl (C=O) groups excluding carboxylic acids is 1. The van der Waals surface area contributed by atoms with E-state index in [4.69, 9.17) is 14.2 Å². The maximum atomic E-state index is 13.3. The number of hydrogen-bond acceptors (Lipinski definition) is 4. The number of carbonyl (C=O) groups is 1. The van der Waals surface area contributed by atoms with Crippen LogP contribution in [0.15, 0.2) is 36.4 Å². The summed E-state index contributed by atoms with van der Waals surface area (Å²) in [7, 11) is 0. The van der Waals surface area contributed by atoms with Gasteiger partial charge in [-0.05, 0) is 50.1 Å². The normalized spacial score (nSPS) is 17.8. The van der Waals surface area contributed by atoms with E-state index in [-0.39, 0.29) is 5.91 Å². The number of rotatable bonds is 4. The molecule has 5 heteroatoms. The Kier molecular flexibility index (Phi) is 4.21. The van der Waals surface area contributed by atoms with Gasteiger partial charge in [-0.15, -0.1) is 0 Å². The largest absolute Gasteiger partial charge is 0.494 e. The van der Waals surface area contributed by atoms with Crippen molar-refractivity contribution in [2.75, 3.05) is 24.7 Å². The zero-order chi connectivity index (χ0) is 18.3. The first-order chi connectivity index (χ1) is 12.5. The van der Waals surface area contributed by atoms with Crippen LogP contribution in [0, 0.1) is 13.8 Å². The number of benzene rings is 2. The molecule has 0 atom stereocenters. The number of ether oxygens (including phenoxy) is 3. The molecule has 2 aromatic carbocycles. The molecule has 1 fully saturated rings. The van der Waals surface area contributed by atoms with Gasteiger partial charge in [-0.3, -0.25) is 4.79 Å². The van der Waals surface area contributed by atoms with E-state index in [9.17, 15) is 4.79 Å². The van der Waals surface area contributed by atoms with Gasteiger partial charge in [0.1, 0.15) is 5.75 Å². The summed E-state index contributed by atoms with van der Waals surface area (Å²) in [6, 6.07) is 11.9. The Morgan fingerprint density at radius 3 is 2.46 bits per heavy atom. The van der Waals surface area contributed by atoms with Crippen molar-refractivity contribution in [1.82, 2.24) is 0 Å². The van der Waals surface area contributed by atoms with Gasteiger partial charge in [-0.25, -0.2) is 0 Å². The molecule has 1 saturated heterocycles. The maximum Gasteiger partial charge on any atom is 0.292 e. The van der Waals surface area contributed by atoms with Crippen molar-refractivity contribution in [3.63, 3.8) is 0 Å². The highest BCUT2D eigenvalue weighted by molar-refractivity contribution is 6.07. The van der Waals surface area contributed by atoms with Gasteiger partial charge in [0.2, 0.25) is 0 Å². The minimum absolute atomic E-state index is 0.146. The summed E-state index contributed by atoms with van der Waals surface area (Å²) < 4.78 is 17.2. The minimum Gasteiger partial charge on any atom is -0.494 e. The second kappa shape index (κ2) is 6.41. The molecule has 26 heavy (non-hydrogen) atoms.